The Hall–Kier alpha value is -3.07. The number of hydrogen-bond acceptors (Lipinski definition) is 7. The Morgan fingerprint density at radius 2 is 1.69 bits per heavy atom. The van der Waals surface area contributed by atoms with Crippen LogP contribution in [-0.4, -0.2) is 46.5 Å². The number of aliphatic carboxylic acids is 1. The highest BCUT2D eigenvalue weighted by Gasteiger charge is 2.40. The molecule has 0 aromatic heterocycles. The minimum Gasteiger partial charge on any atom is -0.482 e. The van der Waals surface area contributed by atoms with Crippen LogP contribution in [0.25, 0.3) is 0 Å². The molecule has 8 heteroatoms. The molecule has 5 N–H and O–H groups in total. The number of nitrogens with two attached hydrogens (primary N) is 1. The zero-order valence-corrected chi connectivity index (χ0v) is 18.1. The zero-order valence-electron chi connectivity index (χ0n) is 18.1. The van der Waals surface area contributed by atoms with E-state index in [1.165, 1.54) is 6.07 Å². The van der Waals surface area contributed by atoms with Gasteiger partial charge in [-0.25, -0.2) is 0 Å². The lowest BCUT2D eigenvalue weighted by Crippen LogP contribution is -2.48. The maximum Gasteiger partial charge on any atom is 0.321 e. The Balaban J connectivity index is 2.57. The van der Waals surface area contributed by atoms with Crippen LogP contribution in [0.15, 0.2) is 54.6 Å². The van der Waals surface area contributed by atoms with E-state index in [1.807, 2.05) is 12.4 Å². The number of ketones is 2. The molecule has 0 radical (unpaired) electrons. The predicted molar refractivity (Wildman–Crippen MR) is 119 cm³/mol. The molecule has 0 fully saturated rings. The van der Waals surface area contributed by atoms with Crippen LogP contribution in [0.4, 0.5) is 0 Å². The van der Waals surface area contributed by atoms with Crippen LogP contribution in [0, 0.1) is 0 Å². The summed E-state index contributed by atoms with van der Waals surface area (Å²) in [6.45, 7) is 1.64. The number of carbonyl (C=O) groups is 3. The lowest BCUT2D eigenvalue weighted by Gasteiger charge is -2.31. The van der Waals surface area contributed by atoms with Crippen LogP contribution in [0.1, 0.15) is 54.4 Å². The number of Topliss-reactive ketones (excluding diaryl/α,β-unsaturated/α-hetero) is 2. The summed E-state index contributed by atoms with van der Waals surface area (Å²) < 4.78 is 6.02. The summed E-state index contributed by atoms with van der Waals surface area (Å²) in [4.78, 5) is 37.8. The SMILES string of the molecule is CCCCCC(=O)[C@H](Oc1ccccc1)[C@H](c1ccccc1C(=O)CNO)[C@@H](N)C(=O)O. The number of carbonyl (C=O) groups excluding carboxylic acids is 2. The van der Waals surface area contributed by atoms with Crippen molar-refractivity contribution in [3.05, 3.63) is 65.7 Å². The summed E-state index contributed by atoms with van der Waals surface area (Å²) >= 11 is 0. The summed E-state index contributed by atoms with van der Waals surface area (Å²) in [6.07, 6.45) is 1.38. The molecule has 0 amide bonds. The topological polar surface area (TPSA) is 139 Å². The van der Waals surface area contributed by atoms with Gasteiger partial charge in [-0.2, -0.15) is 5.48 Å². The van der Waals surface area contributed by atoms with E-state index in [0.717, 1.165) is 12.8 Å². The van der Waals surface area contributed by atoms with E-state index >= 15 is 0 Å². The summed E-state index contributed by atoms with van der Waals surface area (Å²) in [7, 11) is 0. The Labute approximate surface area is 187 Å². The monoisotopic (exact) mass is 442 g/mol. The first-order valence-electron chi connectivity index (χ1n) is 10.6. The second kappa shape index (κ2) is 12.7. The van der Waals surface area contributed by atoms with Crippen LogP contribution in [0.3, 0.4) is 0 Å². The van der Waals surface area contributed by atoms with E-state index in [1.54, 1.807) is 48.5 Å². The fourth-order valence-corrected chi connectivity index (χ4v) is 3.58. The number of para-hydroxylation sites is 1. The van der Waals surface area contributed by atoms with Gasteiger partial charge in [-0.15, -0.1) is 0 Å². The third kappa shape index (κ3) is 6.71. The third-order valence-electron chi connectivity index (χ3n) is 5.21. The largest absolute Gasteiger partial charge is 0.482 e. The van der Waals surface area contributed by atoms with E-state index < -0.39 is 29.8 Å². The van der Waals surface area contributed by atoms with Crippen molar-refractivity contribution >= 4 is 17.5 Å². The summed E-state index contributed by atoms with van der Waals surface area (Å²) in [5.74, 6) is -2.81. The zero-order chi connectivity index (χ0) is 23.5. The number of rotatable bonds is 14. The molecule has 0 bridgehead atoms. The first kappa shape index (κ1) is 25.2. The molecule has 0 spiro atoms. The van der Waals surface area contributed by atoms with Gasteiger partial charge < -0.3 is 20.8 Å². The van der Waals surface area contributed by atoms with Gasteiger partial charge in [0.05, 0.1) is 12.5 Å². The van der Waals surface area contributed by atoms with Crippen molar-refractivity contribution in [2.45, 2.75) is 50.7 Å². The Morgan fingerprint density at radius 1 is 1.03 bits per heavy atom. The molecule has 3 atom stereocenters. The molecular formula is C24H30N2O6. The molecule has 172 valence electrons. The highest BCUT2D eigenvalue weighted by atomic mass is 16.5. The van der Waals surface area contributed by atoms with E-state index in [-0.39, 0.29) is 29.9 Å². The number of carboxylic acids is 1. The molecule has 2 rings (SSSR count). The highest BCUT2D eigenvalue weighted by Crippen LogP contribution is 2.31. The Bertz CT molecular complexity index is 902. The van der Waals surface area contributed by atoms with Gasteiger partial charge in [0.1, 0.15) is 11.8 Å². The lowest BCUT2D eigenvalue weighted by atomic mass is 9.80. The lowest BCUT2D eigenvalue weighted by molar-refractivity contribution is -0.140. The van der Waals surface area contributed by atoms with E-state index in [0.29, 0.717) is 12.2 Å². The van der Waals surface area contributed by atoms with Crippen molar-refractivity contribution in [1.82, 2.24) is 5.48 Å². The first-order chi connectivity index (χ1) is 15.4. The molecule has 0 saturated heterocycles. The van der Waals surface area contributed by atoms with Crippen molar-refractivity contribution in [1.29, 1.82) is 0 Å². The van der Waals surface area contributed by atoms with Gasteiger partial charge in [0, 0.05) is 12.0 Å². The van der Waals surface area contributed by atoms with Gasteiger partial charge in [-0.1, -0.05) is 62.2 Å². The van der Waals surface area contributed by atoms with Crippen molar-refractivity contribution in [3.8, 4) is 5.75 Å². The van der Waals surface area contributed by atoms with Crippen LogP contribution >= 0.6 is 0 Å². The molecule has 32 heavy (non-hydrogen) atoms. The molecule has 2 aromatic rings. The fraction of sp³-hybridized carbons (Fsp3) is 0.375. The maximum atomic E-state index is 13.3. The molecule has 0 aliphatic rings. The maximum absolute atomic E-state index is 13.3. The van der Waals surface area contributed by atoms with Crippen molar-refractivity contribution in [3.63, 3.8) is 0 Å². The first-order valence-corrected chi connectivity index (χ1v) is 10.6. The van der Waals surface area contributed by atoms with Crippen molar-refractivity contribution in [2.75, 3.05) is 6.54 Å². The van der Waals surface area contributed by atoms with Gasteiger partial charge >= 0.3 is 5.97 Å². The van der Waals surface area contributed by atoms with E-state index in [9.17, 15) is 19.5 Å². The third-order valence-corrected chi connectivity index (χ3v) is 5.21. The second-order valence-corrected chi connectivity index (χ2v) is 7.51. The number of benzene rings is 2. The number of ether oxygens (including phenoxy) is 1. The average molecular weight is 443 g/mol. The normalized spacial score (nSPS) is 13.7. The number of unbranched alkanes of at least 4 members (excludes halogenated alkanes) is 2. The molecule has 0 unspecified atom stereocenters. The number of nitrogens with one attached hydrogen (secondary N) is 1. The minimum absolute atomic E-state index is 0.166. The van der Waals surface area contributed by atoms with E-state index in [2.05, 4.69) is 0 Å². The second-order valence-electron chi connectivity index (χ2n) is 7.51. The Kier molecular flexibility index (Phi) is 10.0. The van der Waals surface area contributed by atoms with Gasteiger partial charge in [0.2, 0.25) is 0 Å². The Morgan fingerprint density at radius 3 is 2.31 bits per heavy atom. The van der Waals surface area contributed by atoms with E-state index in [4.69, 9.17) is 15.7 Å². The summed E-state index contributed by atoms with van der Waals surface area (Å²) in [5.41, 5.74) is 8.34. The number of carboxylic acid groups (broad SMARTS) is 1. The fourth-order valence-electron chi connectivity index (χ4n) is 3.58. The molecule has 0 aliphatic carbocycles. The van der Waals surface area contributed by atoms with Crippen molar-refractivity contribution in [2.24, 2.45) is 5.73 Å². The van der Waals surface area contributed by atoms with Gasteiger partial charge in [-0.3, -0.25) is 14.4 Å². The summed E-state index contributed by atoms with van der Waals surface area (Å²) in [6, 6.07) is 13.4. The number of hydrogen-bond donors (Lipinski definition) is 4. The molecule has 0 aliphatic heterocycles. The van der Waals surface area contributed by atoms with Crippen LogP contribution in [0.2, 0.25) is 0 Å². The number of hydroxylamine groups is 1. The van der Waals surface area contributed by atoms with Gasteiger partial charge in [0.25, 0.3) is 0 Å². The quantitative estimate of drug-likeness (QED) is 0.199. The molecule has 0 heterocycles. The molecule has 8 nitrogen and oxygen atoms in total. The summed E-state index contributed by atoms with van der Waals surface area (Å²) in [5, 5.41) is 18.7. The van der Waals surface area contributed by atoms with Crippen molar-refractivity contribution < 1.29 is 29.4 Å². The average Bonchev–Trinajstić information content (AvgIpc) is 2.79. The smallest absolute Gasteiger partial charge is 0.321 e. The standard InChI is InChI=1S/C24H30N2O6/c1-2-3-5-14-19(27)23(32-16-10-6-4-7-11-16)21(22(25)24(29)30)18-13-9-8-12-17(18)20(28)15-26-31/h4,6-13,21-23,26,31H,2-3,5,14-15,25H2,1H3,(H,29,30)/t21-,22-,23+/m1/s1. The predicted octanol–water partition coefficient (Wildman–Crippen LogP) is 2.94. The van der Waals surface area contributed by atoms with Gasteiger partial charge in [0.15, 0.2) is 17.7 Å². The van der Waals surface area contributed by atoms with Crippen LogP contribution in [-0.2, 0) is 9.59 Å². The highest BCUT2D eigenvalue weighted by molar-refractivity contribution is 5.99. The van der Waals surface area contributed by atoms with Gasteiger partial charge in [-0.05, 0) is 24.1 Å². The molecule has 0 saturated carbocycles. The van der Waals surface area contributed by atoms with Crippen LogP contribution in [0.5, 0.6) is 5.75 Å². The molecule has 2 aromatic carbocycles. The van der Waals surface area contributed by atoms with Crippen LogP contribution < -0.4 is 16.0 Å². The minimum atomic E-state index is -1.50. The molecular weight excluding hydrogens is 412 g/mol.